The maximum absolute atomic E-state index is 14.3. The van der Waals surface area contributed by atoms with Crippen LogP contribution in [0.4, 0.5) is 22.0 Å². The predicted octanol–water partition coefficient (Wildman–Crippen LogP) is 4.28. The third-order valence-corrected chi connectivity index (χ3v) is 5.00. The molecule has 1 fully saturated rings. The number of amides is 1. The molecule has 0 spiro atoms. The minimum Gasteiger partial charge on any atom is -0.496 e. The molecule has 0 aromatic heterocycles. The van der Waals surface area contributed by atoms with Crippen LogP contribution in [0.25, 0.3) is 0 Å². The van der Waals surface area contributed by atoms with E-state index < -0.39 is 54.2 Å². The number of nitrogens with one attached hydrogen (secondary N) is 2. The average Bonchev–Trinajstić information content (AvgIpc) is 2.70. The minimum atomic E-state index is -4.58. The summed E-state index contributed by atoms with van der Waals surface area (Å²) in [5, 5.41) is 10.9. The van der Waals surface area contributed by atoms with Gasteiger partial charge in [-0.2, -0.15) is 13.2 Å². The molecule has 11 heteroatoms. The second-order valence-corrected chi connectivity index (χ2v) is 7.66. The second kappa shape index (κ2) is 11.8. The lowest BCUT2D eigenvalue weighted by Crippen LogP contribution is -2.58. The quantitative estimate of drug-likeness (QED) is 0.214. The number of piperidine rings is 1. The molecule has 1 amide bonds. The zero-order valence-corrected chi connectivity index (χ0v) is 18.8. The Morgan fingerprint density at radius 1 is 1.36 bits per heavy atom. The average molecular weight is 476 g/mol. The van der Waals surface area contributed by atoms with E-state index in [1.807, 2.05) is 0 Å². The second-order valence-electron chi connectivity index (χ2n) is 7.66. The molecular weight excluding hydrogens is 447 g/mol. The van der Waals surface area contributed by atoms with Crippen LogP contribution in [0.5, 0.6) is 0 Å². The Bertz CT molecular complexity index is 846. The van der Waals surface area contributed by atoms with Gasteiger partial charge in [-0.25, -0.2) is 8.78 Å². The van der Waals surface area contributed by atoms with E-state index in [-0.39, 0.29) is 24.5 Å². The largest absolute Gasteiger partial charge is 0.496 e. The van der Waals surface area contributed by atoms with E-state index in [4.69, 9.17) is 10.1 Å². The summed E-state index contributed by atoms with van der Waals surface area (Å²) in [5.74, 6) is -4.68. The summed E-state index contributed by atoms with van der Waals surface area (Å²) in [6, 6.07) is -0.821. The summed E-state index contributed by atoms with van der Waals surface area (Å²) in [6.45, 7) is 8.18. The molecule has 0 aromatic rings. The van der Waals surface area contributed by atoms with Crippen molar-refractivity contribution in [3.05, 3.63) is 47.9 Å². The number of rotatable bonds is 10. The van der Waals surface area contributed by atoms with Crippen molar-refractivity contribution in [1.29, 1.82) is 5.41 Å². The first-order valence-electron chi connectivity index (χ1n) is 10.0. The molecule has 33 heavy (non-hydrogen) atoms. The Kier molecular flexibility index (Phi) is 10.00. The molecule has 1 aliphatic heterocycles. The Balaban J connectivity index is 3.12. The molecule has 2 atom stereocenters. The van der Waals surface area contributed by atoms with Crippen molar-refractivity contribution >= 4 is 18.3 Å². The van der Waals surface area contributed by atoms with Crippen molar-refractivity contribution in [2.75, 3.05) is 26.7 Å². The molecule has 1 aliphatic rings. The first-order valence-corrected chi connectivity index (χ1v) is 10.0. The van der Waals surface area contributed by atoms with Crippen LogP contribution in [0.2, 0.25) is 0 Å². The van der Waals surface area contributed by atoms with Crippen molar-refractivity contribution in [3.8, 4) is 0 Å². The SMILES string of the molecule is C=C/C(=C\C=C(/C)OCC1C(C)CC(F)(F)CN1C(=O)C(=N)/C(=C\NC)CN=C)C(F)(F)F. The number of ether oxygens (including phenoxy) is 1. The van der Waals surface area contributed by atoms with Gasteiger partial charge in [-0.1, -0.05) is 19.6 Å². The fourth-order valence-corrected chi connectivity index (χ4v) is 3.34. The molecular formula is C22H29F5N4O2. The number of allylic oxidation sites excluding steroid dienone is 5. The van der Waals surface area contributed by atoms with Gasteiger partial charge in [-0.05, 0) is 31.7 Å². The molecule has 2 N–H and O–H groups in total. The van der Waals surface area contributed by atoms with Crippen molar-refractivity contribution in [3.63, 3.8) is 0 Å². The highest BCUT2D eigenvalue weighted by Crippen LogP contribution is 2.35. The highest BCUT2D eigenvalue weighted by Gasteiger charge is 2.47. The van der Waals surface area contributed by atoms with Crippen LogP contribution >= 0.6 is 0 Å². The van der Waals surface area contributed by atoms with Crippen molar-refractivity contribution in [2.24, 2.45) is 10.9 Å². The normalized spacial score (nSPS) is 21.9. The summed E-state index contributed by atoms with van der Waals surface area (Å²) >= 11 is 0. The van der Waals surface area contributed by atoms with E-state index >= 15 is 0 Å². The van der Waals surface area contributed by atoms with Gasteiger partial charge >= 0.3 is 6.18 Å². The minimum absolute atomic E-state index is 0.0641. The van der Waals surface area contributed by atoms with Gasteiger partial charge in [0, 0.05) is 25.2 Å². The Morgan fingerprint density at radius 3 is 2.52 bits per heavy atom. The monoisotopic (exact) mass is 476 g/mol. The van der Waals surface area contributed by atoms with Gasteiger partial charge in [-0.15, -0.1) is 0 Å². The molecule has 0 aromatic carbocycles. The van der Waals surface area contributed by atoms with E-state index in [2.05, 4.69) is 23.6 Å². The zero-order valence-electron chi connectivity index (χ0n) is 18.8. The van der Waals surface area contributed by atoms with Gasteiger partial charge in [0.2, 0.25) is 0 Å². The molecule has 1 saturated heterocycles. The molecule has 1 heterocycles. The van der Waals surface area contributed by atoms with Gasteiger partial charge in [0.05, 0.1) is 30.5 Å². The smallest absolute Gasteiger partial charge is 0.416 e. The zero-order chi connectivity index (χ0) is 25.4. The van der Waals surface area contributed by atoms with E-state index in [9.17, 15) is 26.7 Å². The highest BCUT2D eigenvalue weighted by molar-refractivity contribution is 6.44. The van der Waals surface area contributed by atoms with Gasteiger partial charge in [-0.3, -0.25) is 15.2 Å². The highest BCUT2D eigenvalue weighted by atomic mass is 19.4. The number of carbonyl (C=O) groups excluding carboxylic acids is 1. The molecule has 1 rings (SSSR count). The van der Waals surface area contributed by atoms with Crippen LogP contribution < -0.4 is 5.32 Å². The number of halogens is 5. The lowest BCUT2D eigenvalue weighted by molar-refractivity contribution is -0.149. The predicted molar refractivity (Wildman–Crippen MR) is 118 cm³/mol. The maximum atomic E-state index is 14.3. The molecule has 6 nitrogen and oxygen atoms in total. The van der Waals surface area contributed by atoms with Gasteiger partial charge < -0.3 is 15.0 Å². The van der Waals surface area contributed by atoms with Crippen LogP contribution in [-0.2, 0) is 9.53 Å². The Labute approximate surface area is 190 Å². The number of hydrogen-bond acceptors (Lipinski definition) is 5. The van der Waals surface area contributed by atoms with Gasteiger partial charge in [0.25, 0.3) is 11.8 Å². The van der Waals surface area contributed by atoms with Crippen LogP contribution in [0.1, 0.15) is 20.3 Å². The van der Waals surface area contributed by atoms with Crippen molar-refractivity contribution in [1.82, 2.24) is 10.2 Å². The lowest BCUT2D eigenvalue weighted by atomic mass is 9.88. The molecule has 184 valence electrons. The van der Waals surface area contributed by atoms with Crippen LogP contribution in [0.15, 0.2) is 52.9 Å². The summed E-state index contributed by atoms with van der Waals surface area (Å²) in [6.07, 6.45) is -1.17. The Hall–Kier alpha value is -2.98. The standard InChI is InChI=1S/C22H29F5N4O2/c1-6-17(22(25,26)27)8-7-15(3)33-12-18-14(2)9-21(23,24)13-31(18)20(32)19(28)16(10-29-4)11-30-5/h6-8,11,14,18,28,30H,1,4,9-10,12-13H2,2-3,5H3/b15-7+,16-11-,17-8+,28-19?. The van der Waals surface area contributed by atoms with E-state index in [0.29, 0.717) is 6.08 Å². The molecule has 0 bridgehead atoms. The number of carbonyl (C=O) groups is 1. The summed E-state index contributed by atoms with van der Waals surface area (Å²) in [7, 11) is 1.55. The first-order chi connectivity index (χ1) is 15.3. The third-order valence-electron chi connectivity index (χ3n) is 5.00. The van der Waals surface area contributed by atoms with Gasteiger partial charge in [0.15, 0.2) is 0 Å². The van der Waals surface area contributed by atoms with Crippen LogP contribution in [0, 0.1) is 11.3 Å². The first kappa shape index (κ1) is 28.1. The maximum Gasteiger partial charge on any atom is 0.416 e. The van der Waals surface area contributed by atoms with Crippen LogP contribution in [-0.4, -0.2) is 68.1 Å². The summed E-state index contributed by atoms with van der Waals surface area (Å²) in [5.41, 5.74) is -1.31. The topological polar surface area (TPSA) is 77.8 Å². The van der Waals surface area contributed by atoms with Gasteiger partial charge in [0.1, 0.15) is 12.3 Å². The third kappa shape index (κ3) is 8.14. The summed E-state index contributed by atoms with van der Waals surface area (Å²) < 4.78 is 72.4. The molecule has 0 aliphatic carbocycles. The molecule has 0 radical (unpaired) electrons. The Morgan fingerprint density at radius 2 is 2.00 bits per heavy atom. The lowest BCUT2D eigenvalue weighted by Gasteiger charge is -2.43. The molecule has 2 unspecified atom stereocenters. The number of nitrogens with zero attached hydrogens (tertiary/aromatic N) is 2. The number of likely N-dealkylation sites (tertiary alicyclic amines) is 1. The van der Waals surface area contributed by atoms with E-state index in [0.717, 1.165) is 17.1 Å². The van der Waals surface area contributed by atoms with Crippen molar-refractivity contribution < 1.29 is 31.5 Å². The fourth-order valence-electron chi connectivity index (χ4n) is 3.34. The summed E-state index contributed by atoms with van der Waals surface area (Å²) in [4.78, 5) is 17.5. The van der Waals surface area contributed by atoms with E-state index in [1.165, 1.54) is 20.0 Å². The van der Waals surface area contributed by atoms with Crippen molar-refractivity contribution in [2.45, 2.75) is 38.4 Å². The molecule has 0 saturated carbocycles. The number of hydrogen-bond donors (Lipinski definition) is 2. The fraction of sp³-hybridized carbons (Fsp3) is 0.500. The number of aliphatic imine (C=N–C) groups is 1. The number of alkyl halides is 5. The van der Waals surface area contributed by atoms with Crippen LogP contribution in [0.3, 0.4) is 0 Å². The van der Waals surface area contributed by atoms with E-state index in [1.54, 1.807) is 7.05 Å².